The maximum atomic E-state index is 12.2. The summed E-state index contributed by atoms with van der Waals surface area (Å²) in [6.07, 6.45) is 2.54. The fourth-order valence-electron chi connectivity index (χ4n) is 1.81. The molecule has 0 bridgehead atoms. The molecule has 18 heavy (non-hydrogen) atoms. The predicted molar refractivity (Wildman–Crippen MR) is 74.0 cm³/mol. The molecule has 0 spiro atoms. The third-order valence-electron chi connectivity index (χ3n) is 2.90. The fraction of sp³-hybridized carbons (Fsp3) is 0.286. The van der Waals surface area contributed by atoms with Gasteiger partial charge < -0.3 is 5.32 Å². The van der Waals surface area contributed by atoms with Crippen molar-refractivity contribution in [2.24, 2.45) is 0 Å². The first-order valence-corrected chi connectivity index (χ1v) is 6.50. The first-order chi connectivity index (χ1) is 8.76. The maximum Gasteiger partial charge on any atom is 0.252 e. The van der Waals surface area contributed by atoms with Crippen LogP contribution in [0.25, 0.3) is 10.9 Å². The molecule has 2 aromatic rings. The van der Waals surface area contributed by atoms with E-state index in [2.05, 4.69) is 10.3 Å². The van der Waals surface area contributed by atoms with E-state index in [4.69, 9.17) is 11.6 Å². The number of fused-ring (bicyclic) bond motifs is 1. The second-order valence-corrected chi connectivity index (χ2v) is 4.42. The van der Waals surface area contributed by atoms with Crippen molar-refractivity contribution in [1.82, 2.24) is 10.3 Å². The molecule has 1 amide bonds. The number of pyridine rings is 1. The van der Waals surface area contributed by atoms with Gasteiger partial charge in [-0.3, -0.25) is 9.78 Å². The van der Waals surface area contributed by atoms with Crippen molar-refractivity contribution in [2.75, 3.05) is 5.88 Å². The van der Waals surface area contributed by atoms with E-state index < -0.39 is 0 Å². The number of halogens is 1. The first-order valence-electron chi connectivity index (χ1n) is 5.96. The van der Waals surface area contributed by atoms with Gasteiger partial charge in [0.05, 0.1) is 5.52 Å². The topological polar surface area (TPSA) is 42.0 Å². The lowest BCUT2D eigenvalue weighted by molar-refractivity contribution is 0.0941. The lowest BCUT2D eigenvalue weighted by Gasteiger charge is -2.14. The molecule has 0 radical (unpaired) electrons. The highest BCUT2D eigenvalue weighted by Gasteiger charge is 2.13. The van der Waals surface area contributed by atoms with E-state index in [0.29, 0.717) is 11.4 Å². The molecule has 1 aromatic carbocycles. The highest BCUT2D eigenvalue weighted by Crippen LogP contribution is 2.16. The summed E-state index contributed by atoms with van der Waals surface area (Å²) >= 11 is 5.79. The Morgan fingerprint density at radius 3 is 2.94 bits per heavy atom. The number of alkyl halides is 1. The van der Waals surface area contributed by atoms with Crippen LogP contribution in [0.1, 0.15) is 23.7 Å². The Labute approximate surface area is 111 Å². The van der Waals surface area contributed by atoms with Crippen LogP contribution < -0.4 is 5.32 Å². The zero-order valence-electron chi connectivity index (χ0n) is 10.2. The SMILES string of the molecule is CCC(CCl)NC(=O)c1cccc2ncccc12. The Hall–Kier alpha value is -1.61. The fourth-order valence-corrected chi connectivity index (χ4v) is 2.11. The third kappa shape index (κ3) is 2.62. The number of rotatable bonds is 4. The Bertz CT molecular complexity index is 547. The van der Waals surface area contributed by atoms with Crippen LogP contribution in [0, 0.1) is 0 Å². The van der Waals surface area contributed by atoms with Crippen LogP contribution in [-0.2, 0) is 0 Å². The minimum atomic E-state index is -0.0962. The normalized spacial score (nSPS) is 12.3. The zero-order chi connectivity index (χ0) is 13.0. The standard InChI is InChI=1S/C14H15ClN2O/c1-2-10(9-15)17-14(18)12-5-3-7-13-11(12)6-4-8-16-13/h3-8,10H,2,9H2,1H3,(H,17,18). The number of aromatic nitrogens is 1. The Balaban J connectivity index is 2.33. The molecule has 94 valence electrons. The van der Waals surface area contributed by atoms with Crippen LogP contribution in [0.4, 0.5) is 0 Å². The van der Waals surface area contributed by atoms with Crippen molar-refractivity contribution in [3.8, 4) is 0 Å². The molecule has 0 saturated carbocycles. The van der Waals surface area contributed by atoms with Gasteiger partial charge in [0.15, 0.2) is 0 Å². The largest absolute Gasteiger partial charge is 0.348 e. The predicted octanol–water partition coefficient (Wildman–Crippen LogP) is 2.98. The van der Waals surface area contributed by atoms with Crippen molar-refractivity contribution < 1.29 is 4.79 Å². The lowest BCUT2D eigenvalue weighted by atomic mass is 10.1. The average molecular weight is 263 g/mol. The average Bonchev–Trinajstić information content (AvgIpc) is 2.43. The molecular formula is C14H15ClN2O. The van der Waals surface area contributed by atoms with Crippen LogP contribution in [0.2, 0.25) is 0 Å². The summed E-state index contributed by atoms with van der Waals surface area (Å²) in [5, 5.41) is 3.79. The summed E-state index contributed by atoms with van der Waals surface area (Å²) in [5.41, 5.74) is 1.47. The molecule has 1 atom stereocenters. The summed E-state index contributed by atoms with van der Waals surface area (Å²) in [4.78, 5) is 16.4. The summed E-state index contributed by atoms with van der Waals surface area (Å²) in [6, 6.07) is 9.28. The van der Waals surface area contributed by atoms with Crippen LogP contribution in [0.3, 0.4) is 0 Å². The van der Waals surface area contributed by atoms with Crippen LogP contribution >= 0.6 is 11.6 Å². The highest BCUT2D eigenvalue weighted by atomic mass is 35.5. The van der Waals surface area contributed by atoms with Crippen LogP contribution in [-0.4, -0.2) is 22.8 Å². The molecule has 0 fully saturated rings. The molecule has 1 aromatic heterocycles. The minimum Gasteiger partial charge on any atom is -0.348 e. The minimum absolute atomic E-state index is 0.00564. The van der Waals surface area contributed by atoms with Crippen molar-refractivity contribution >= 4 is 28.4 Å². The third-order valence-corrected chi connectivity index (χ3v) is 3.28. The van der Waals surface area contributed by atoms with Crippen molar-refractivity contribution in [3.05, 3.63) is 42.1 Å². The first kappa shape index (κ1) is 12.8. The van der Waals surface area contributed by atoms with Crippen molar-refractivity contribution in [2.45, 2.75) is 19.4 Å². The Kier molecular flexibility index (Phi) is 4.15. The van der Waals surface area contributed by atoms with E-state index >= 15 is 0 Å². The van der Waals surface area contributed by atoms with Crippen molar-refractivity contribution in [1.29, 1.82) is 0 Å². The van der Waals surface area contributed by atoms with E-state index in [-0.39, 0.29) is 11.9 Å². The summed E-state index contributed by atoms with van der Waals surface area (Å²) in [7, 11) is 0. The summed E-state index contributed by atoms with van der Waals surface area (Å²) in [5.74, 6) is 0.326. The van der Waals surface area contributed by atoms with Gasteiger partial charge in [0, 0.05) is 29.1 Å². The number of amides is 1. The van der Waals surface area contributed by atoms with Gasteiger partial charge in [0.2, 0.25) is 0 Å². The molecule has 1 unspecified atom stereocenters. The van der Waals surface area contributed by atoms with Crippen LogP contribution in [0.5, 0.6) is 0 Å². The Morgan fingerprint density at radius 2 is 2.22 bits per heavy atom. The van der Waals surface area contributed by atoms with E-state index in [1.807, 2.05) is 31.2 Å². The number of carbonyl (C=O) groups excluding carboxylic acids is 1. The van der Waals surface area contributed by atoms with E-state index in [1.54, 1.807) is 12.3 Å². The quantitative estimate of drug-likeness (QED) is 0.861. The molecule has 3 nitrogen and oxygen atoms in total. The lowest BCUT2D eigenvalue weighted by Crippen LogP contribution is -2.35. The second kappa shape index (κ2) is 5.83. The summed E-state index contributed by atoms with van der Waals surface area (Å²) < 4.78 is 0. The summed E-state index contributed by atoms with van der Waals surface area (Å²) in [6.45, 7) is 2.00. The second-order valence-electron chi connectivity index (χ2n) is 4.11. The van der Waals surface area contributed by atoms with E-state index in [9.17, 15) is 4.79 Å². The number of nitrogens with zero attached hydrogens (tertiary/aromatic N) is 1. The molecular weight excluding hydrogens is 248 g/mol. The molecule has 2 rings (SSSR count). The molecule has 0 aliphatic rings. The number of carbonyl (C=O) groups is 1. The number of benzene rings is 1. The number of hydrogen-bond acceptors (Lipinski definition) is 2. The smallest absolute Gasteiger partial charge is 0.252 e. The van der Waals surface area contributed by atoms with Gasteiger partial charge in [-0.25, -0.2) is 0 Å². The van der Waals surface area contributed by atoms with E-state index in [0.717, 1.165) is 17.3 Å². The zero-order valence-corrected chi connectivity index (χ0v) is 10.9. The monoisotopic (exact) mass is 262 g/mol. The van der Waals surface area contributed by atoms with Gasteiger partial charge in [-0.05, 0) is 24.6 Å². The van der Waals surface area contributed by atoms with Gasteiger partial charge in [-0.1, -0.05) is 19.1 Å². The van der Waals surface area contributed by atoms with Gasteiger partial charge >= 0.3 is 0 Å². The van der Waals surface area contributed by atoms with Gasteiger partial charge in [0.25, 0.3) is 5.91 Å². The molecule has 0 aliphatic carbocycles. The number of hydrogen-bond donors (Lipinski definition) is 1. The van der Waals surface area contributed by atoms with E-state index in [1.165, 1.54) is 0 Å². The molecule has 1 heterocycles. The Morgan fingerprint density at radius 1 is 1.39 bits per heavy atom. The van der Waals surface area contributed by atoms with Crippen LogP contribution in [0.15, 0.2) is 36.5 Å². The maximum absolute atomic E-state index is 12.2. The number of nitrogens with one attached hydrogen (secondary N) is 1. The van der Waals surface area contributed by atoms with Gasteiger partial charge in [0.1, 0.15) is 0 Å². The molecule has 4 heteroatoms. The van der Waals surface area contributed by atoms with Gasteiger partial charge in [-0.2, -0.15) is 0 Å². The van der Waals surface area contributed by atoms with Crippen molar-refractivity contribution in [3.63, 3.8) is 0 Å². The molecule has 0 saturated heterocycles. The highest BCUT2D eigenvalue weighted by molar-refractivity contribution is 6.18. The van der Waals surface area contributed by atoms with Gasteiger partial charge in [-0.15, -0.1) is 11.6 Å². The molecule has 1 N–H and O–H groups in total. The molecule has 0 aliphatic heterocycles.